The highest BCUT2D eigenvalue weighted by molar-refractivity contribution is 5.80. The van der Waals surface area contributed by atoms with Gasteiger partial charge in [0, 0.05) is 38.9 Å². The zero-order valence-corrected chi connectivity index (χ0v) is 16.4. The molecule has 6 heteroatoms. The van der Waals surface area contributed by atoms with E-state index in [1.807, 2.05) is 4.90 Å². The number of hydrogen-bond acceptors (Lipinski definition) is 3. The molecular formula is C22H28FN5. The first-order valence-corrected chi connectivity index (χ1v) is 10.0. The normalized spacial score (nSPS) is 20.9. The van der Waals surface area contributed by atoms with Gasteiger partial charge in [0.25, 0.3) is 0 Å². The van der Waals surface area contributed by atoms with Crippen LogP contribution in [0.15, 0.2) is 53.7 Å². The fraction of sp³-hybridized carbons (Fsp3) is 0.455. The Hall–Kier alpha value is -2.63. The van der Waals surface area contributed by atoms with Gasteiger partial charge in [0.1, 0.15) is 0 Å². The summed E-state index contributed by atoms with van der Waals surface area (Å²) in [5.74, 6) is 1.00. The van der Waals surface area contributed by atoms with Crippen LogP contribution in [0.25, 0.3) is 0 Å². The number of pyridine rings is 1. The Labute approximate surface area is 166 Å². The van der Waals surface area contributed by atoms with E-state index in [1.54, 1.807) is 19.3 Å². The van der Waals surface area contributed by atoms with E-state index in [1.165, 1.54) is 24.5 Å². The molecule has 2 N–H and O–H groups in total. The van der Waals surface area contributed by atoms with Gasteiger partial charge >= 0.3 is 0 Å². The van der Waals surface area contributed by atoms with Crippen LogP contribution in [0.1, 0.15) is 24.8 Å². The van der Waals surface area contributed by atoms with Gasteiger partial charge in [-0.2, -0.15) is 0 Å². The lowest BCUT2D eigenvalue weighted by molar-refractivity contribution is 0.489. The highest BCUT2D eigenvalue weighted by Crippen LogP contribution is 2.47. The van der Waals surface area contributed by atoms with E-state index in [-0.39, 0.29) is 11.9 Å². The van der Waals surface area contributed by atoms with E-state index in [4.69, 9.17) is 0 Å². The third-order valence-electron chi connectivity index (χ3n) is 5.80. The van der Waals surface area contributed by atoms with Crippen LogP contribution in [0, 0.1) is 11.2 Å². The van der Waals surface area contributed by atoms with E-state index in [0.29, 0.717) is 11.2 Å². The van der Waals surface area contributed by atoms with E-state index >= 15 is 0 Å². The lowest BCUT2D eigenvalue weighted by atomic mass is 9.96. The minimum atomic E-state index is -0.262. The molecule has 1 aliphatic carbocycles. The lowest BCUT2D eigenvalue weighted by Gasteiger charge is -2.22. The molecule has 1 aromatic heterocycles. The minimum Gasteiger partial charge on any atom is -0.356 e. The highest BCUT2D eigenvalue weighted by atomic mass is 19.1. The molecule has 2 aliphatic rings. The van der Waals surface area contributed by atoms with Crippen molar-refractivity contribution in [1.82, 2.24) is 15.6 Å². The molecule has 1 saturated carbocycles. The maximum atomic E-state index is 14.0. The number of aliphatic imine (C=N–C) groups is 1. The molecule has 2 aromatic rings. The van der Waals surface area contributed by atoms with Crippen LogP contribution < -0.4 is 15.5 Å². The maximum Gasteiger partial charge on any atom is 0.191 e. The molecule has 1 saturated heterocycles. The van der Waals surface area contributed by atoms with E-state index in [0.717, 1.165) is 38.4 Å². The molecule has 1 unspecified atom stereocenters. The molecule has 1 atom stereocenters. The van der Waals surface area contributed by atoms with Gasteiger partial charge in [0.05, 0.1) is 0 Å². The molecule has 1 aliphatic heterocycles. The standard InChI is InChI=1S/C22H28FN5/c1-24-21(26-16-22(10-11-22)14-17-6-3-2-4-7-17)27-18-9-13-28(15-18)20-19(23)8-5-12-25-20/h2-8,12,18H,9-11,13-16H2,1H3,(H2,24,26,27). The molecule has 2 heterocycles. The van der Waals surface area contributed by atoms with Crippen LogP contribution in [0.4, 0.5) is 10.2 Å². The van der Waals surface area contributed by atoms with Crippen molar-refractivity contribution >= 4 is 11.8 Å². The summed E-state index contributed by atoms with van der Waals surface area (Å²) in [5, 5.41) is 7.01. The number of nitrogens with zero attached hydrogens (tertiary/aromatic N) is 3. The zero-order chi connectivity index (χ0) is 19.4. The number of halogens is 1. The van der Waals surface area contributed by atoms with Crippen molar-refractivity contribution in [3.63, 3.8) is 0 Å². The second kappa shape index (κ2) is 8.17. The van der Waals surface area contributed by atoms with E-state index < -0.39 is 0 Å². The second-order valence-electron chi connectivity index (χ2n) is 7.97. The zero-order valence-electron chi connectivity index (χ0n) is 16.4. The Morgan fingerprint density at radius 1 is 1.25 bits per heavy atom. The Balaban J connectivity index is 1.28. The maximum absolute atomic E-state index is 14.0. The van der Waals surface area contributed by atoms with Crippen LogP contribution in [0.2, 0.25) is 0 Å². The van der Waals surface area contributed by atoms with Crippen LogP contribution >= 0.6 is 0 Å². The molecule has 28 heavy (non-hydrogen) atoms. The average molecular weight is 381 g/mol. The van der Waals surface area contributed by atoms with Crippen LogP contribution in [0.3, 0.4) is 0 Å². The minimum absolute atomic E-state index is 0.233. The van der Waals surface area contributed by atoms with Crippen LogP contribution in [-0.4, -0.2) is 43.7 Å². The third-order valence-corrected chi connectivity index (χ3v) is 5.80. The first-order valence-electron chi connectivity index (χ1n) is 10.0. The van der Waals surface area contributed by atoms with Gasteiger partial charge in [-0.15, -0.1) is 0 Å². The summed E-state index contributed by atoms with van der Waals surface area (Å²) in [6.45, 7) is 2.44. The molecule has 148 valence electrons. The highest BCUT2D eigenvalue weighted by Gasteiger charge is 2.42. The van der Waals surface area contributed by atoms with Crippen molar-refractivity contribution in [3.8, 4) is 0 Å². The molecule has 2 fully saturated rings. The molecule has 0 bridgehead atoms. The Morgan fingerprint density at radius 2 is 2.07 bits per heavy atom. The van der Waals surface area contributed by atoms with Gasteiger partial charge in [-0.25, -0.2) is 9.37 Å². The second-order valence-corrected chi connectivity index (χ2v) is 7.97. The lowest BCUT2D eigenvalue weighted by Crippen LogP contribution is -2.46. The van der Waals surface area contributed by atoms with Crippen molar-refractivity contribution in [1.29, 1.82) is 0 Å². The average Bonchev–Trinajstić information content (AvgIpc) is 3.32. The quantitative estimate of drug-likeness (QED) is 0.597. The van der Waals surface area contributed by atoms with Crippen LogP contribution in [-0.2, 0) is 6.42 Å². The summed E-state index contributed by atoms with van der Waals surface area (Å²) in [4.78, 5) is 10.6. The molecule has 5 nitrogen and oxygen atoms in total. The fourth-order valence-electron chi connectivity index (χ4n) is 3.96. The van der Waals surface area contributed by atoms with Crippen molar-refractivity contribution in [2.75, 3.05) is 31.6 Å². The van der Waals surface area contributed by atoms with Gasteiger partial charge < -0.3 is 15.5 Å². The van der Waals surface area contributed by atoms with Crippen molar-refractivity contribution in [2.45, 2.75) is 31.7 Å². The number of hydrogen-bond donors (Lipinski definition) is 2. The monoisotopic (exact) mass is 381 g/mol. The van der Waals surface area contributed by atoms with Crippen molar-refractivity contribution < 1.29 is 4.39 Å². The predicted octanol–water partition coefficient (Wildman–Crippen LogP) is 2.99. The number of anilines is 1. The smallest absolute Gasteiger partial charge is 0.191 e. The molecule has 0 radical (unpaired) electrons. The number of rotatable bonds is 6. The Kier molecular flexibility index (Phi) is 5.46. The Bertz CT molecular complexity index is 819. The largest absolute Gasteiger partial charge is 0.356 e. The number of guanidine groups is 1. The van der Waals surface area contributed by atoms with Gasteiger partial charge in [0.2, 0.25) is 0 Å². The summed E-state index contributed by atoms with van der Waals surface area (Å²) in [7, 11) is 1.80. The van der Waals surface area contributed by atoms with E-state index in [2.05, 4.69) is 50.9 Å². The van der Waals surface area contributed by atoms with E-state index in [9.17, 15) is 4.39 Å². The molecule has 4 rings (SSSR count). The molecule has 1 aromatic carbocycles. The first-order chi connectivity index (χ1) is 13.7. The van der Waals surface area contributed by atoms with Gasteiger partial charge in [0.15, 0.2) is 17.6 Å². The number of nitrogens with one attached hydrogen (secondary N) is 2. The van der Waals surface area contributed by atoms with Gasteiger partial charge in [-0.1, -0.05) is 30.3 Å². The molecule has 0 amide bonds. The summed E-state index contributed by atoms with van der Waals surface area (Å²) in [6.07, 6.45) is 6.19. The first kappa shape index (κ1) is 18.7. The summed E-state index contributed by atoms with van der Waals surface area (Å²) in [5.41, 5.74) is 1.74. The summed E-state index contributed by atoms with van der Waals surface area (Å²) in [6, 6.07) is 14.0. The number of benzene rings is 1. The Morgan fingerprint density at radius 3 is 2.79 bits per heavy atom. The topological polar surface area (TPSA) is 52.6 Å². The van der Waals surface area contributed by atoms with Crippen LogP contribution in [0.5, 0.6) is 0 Å². The molecular weight excluding hydrogens is 353 g/mol. The summed E-state index contributed by atoms with van der Waals surface area (Å²) >= 11 is 0. The van der Waals surface area contributed by atoms with Crippen molar-refractivity contribution in [2.24, 2.45) is 10.4 Å². The van der Waals surface area contributed by atoms with Crippen molar-refractivity contribution in [3.05, 3.63) is 60.0 Å². The third kappa shape index (κ3) is 4.43. The number of aromatic nitrogens is 1. The summed E-state index contributed by atoms with van der Waals surface area (Å²) < 4.78 is 14.0. The van der Waals surface area contributed by atoms with Gasteiger partial charge in [-0.3, -0.25) is 4.99 Å². The predicted molar refractivity (Wildman–Crippen MR) is 111 cm³/mol. The SMILES string of the molecule is CN=C(NCC1(Cc2ccccc2)CC1)NC1CCN(c2ncccc2F)C1. The fourth-order valence-corrected chi connectivity index (χ4v) is 3.96. The van der Waals surface area contributed by atoms with Gasteiger partial charge in [-0.05, 0) is 48.8 Å². The molecule has 0 spiro atoms.